The Morgan fingerprint density at radius 2 is 1.96 bits per heavy atom. The van der Waals surface area contributed by atoms with Crippen molar-refractivity contribution in [3.8, 4) is 0 Å². The van der Waals surface area contributed by atoms with Crippen molar-refractivity contribution < 1.29 is 9.90 Å². The van der Waals surface area contributed by atoms with E-state index in [1.54, 1.807) is 0 Å². The molecule has 1 saturated heterocycles. The van der Waals surface area contributed by atoms with Crippen LogP contribution in [-0.4, -0.2) is 61.8 Å². The zero-order valence-corrected chi connectivity index (χ0v) is 15.0. The second kappa shape index (κ2) is 9.64. The third-order valence-electron chi connectivity index (χ3n) is 4.62. The maximum atomic E-state index is 12.2. The van der Waals surface area contributed by atoms with Gasteiger partial charge in [-0.1, -0.05) is 6.92 Å². The molecule has 134 valence electrons. The predicted octanol–water partition coefficient (Wildman–Crippen LogP) is 2.11. The van der Waals surface area contributed by atoms with E-state index in [4.69, 9.17) is 0 Å². The van der Waals surface area contributed by atoms with E-state index in [0.717, 1.165) is 57.5 Å². The second-order valence-electron chi connectivity index (χ2n) is 6.65. The highest BCUT2D eigenvalue weighted by Gasteiger charge is 2.16. The summed E-state index contributed by atoms with van der Waals surface area (Å²) in [6.07, 6.45) is 3.66. The van der Waals surface area contributed by atoms with E-state index in [9.17, 15) is 9.90 Å². The van der Waals surface area contributed by atoms with Gasteiger partial charge in [0.15, 0.2) is 0 Å². The minimum atomic E-state index is -0.125. The van der Waals surface area contributed by atoms with Crippen LogP contribution in [0.1, 0.15) is 43.0 Å². The molecule has 1 aliphatic rings. The normalized spacial score (nSPS) is 16.1. The molecule has 0 aliphatic carbocycles. The highest BCUT2D eigenvalue weighted by atomic mass is 16.3. The minimum Gasteiger partial charge on any atom is -0.393 e. The lowest BCUT2D eigenvalue weighted by atomic mass is 10.1. The molecular formula is C19H31N3O2. The molecule has 5 nitrogen and oxygen atoms in total. The number of benzene rings is 1. The Morgan fingerprint density at radius 3 is 2.58 bits per heavy atom. The van der Waals surface area contributed by atoms with Crippen LogP contribution in [0.2, 0.25) is 0 Å². The third-order valence-corrected chi connectivity index (χ3v) is 4.62. The number of aliphatic hydroxyl groups excluding tert-OH is 1. The van der Waals surface area contributed by atoms with E-state index in [1.807, 2.05) is 24.3 Å². The first-order chi connectivity index (χ1) is 11.6. The minimum absolute atomic E-state index is 0.00578. The van der Waals surface area contributed by atoms with Gasteiger partial charge in [0.05, 0.1) is 6.10 Å². The van der Waals surface area contributed by atoms with Crippen molar-refractivity contribution >= 4 is 11.6 Å². The fourth-order valence-electron chi connectivity index (χ4n) is 3.08. The van der Waals surface area contributed by atoms with Gasteiger partial charge in [0.25, 0.3) is 5.91 Å². The average molecular weight is 333 g/mol. The maximum absolute atomic E-state index is 12.2. The zero-order valence-electron chi connectivity index (χ0n) is 15.0. The van der Waals surface area contributed by atoms with Crippen molar-refractivity contribution in [2.45, 2.75) is 38.7 Å². The number of nitrogens with one attached hydrogen (secondary N) is 1. The molecule has 1 aromatic carbocycles. The molecule has 2 rings (SSSR count). The van der Waals surface area contributed by atoms with Gasteiger partial charge in [0.2, 0.25) is 0 Å². The maximum Gasteiger partial charge on any atom is 0.251 e. The van der Waals surface area contributed by atoms with Crippen molar-refractivity contribution in [3.63, 3.8) is 0 Å². The summed E-state index contributed by atoms with van der Waals surface area (Å²) in [4.78, 5) is 16.7. The summed E-state index contributed by atoms with van der Waals surface area (Å²) < 4.78 is 0. The Bertz CT molecular complexity index is 496. The van der Waals surface area contributed by atoms with E-state index in [2.05, 4.69) is 29.1 Å². The summed E-state index contributed by atoms with van der Waals surface area (Å²) in [5.41, 5.74) is 1.85. The van der Waals surface area contributed by atoms with Crippen LogP contribution in [0.5, 0.6) is 0 Å². The molecule has 1 heterocycles. The molecule has 24 heavy (non-hydrogen) atoms. The summed E-state index contributed by atoms with van der Waals surface area (Å²) in [7, 11) is 2.07. The van der Waals surface area contributed by atoms with Gasteiger partial charge in [-0.05, 0) is 56.5 Å². The molecule has 0 spiro atoms. The van der Waals surface area contributed by atoms with Gasteiger partial charge in [-0.3, -0.25) is 4.79 Å². The lowest BCUT2D eigenvalue weighted by Crippen LogP contribution is -2.37. The van der Waals surface area contributed by atoms with Gasteiger partial charge in [-0.2, -0.15) is 0 Å². The summed E-state index contributed by atoms with van der Waals surface area (Å²) in [5.74, 6) is -0.00578. The predicted molar refractivity (Wildman–Crippen MR) is 98.6 cm³/mol. The van der Waals surface area contributed by atoms with Crippen molar-refractivity contribution in [1.29, 1.82) is 0 Å². The summed E-state index contributed by atoms with van der Waals surface area (Å²) in [6.45, 7) is 6.76. The molecule has 1 aromatic rings. The fourth-order valence-corrected chi connectivity index (χ4v) is 3.08. The number of hydrogen-bond acceptors (Lipinski definition) is 4. The Balaban J connectivity index is 1.68. The van der Waals surface area contributed by atoms with Gasteiger partial charge in [0.1, 0.15) is 0 Å². The molecule has 0 atom stereocenters. The third kappa shape index (κ3) is 5.80. The SMILES string of the molecule is CCCN(C)c1ccc(C(=O)NCCCN2CCC(O)CC2)cc1. The van der Waals surface area contributed by atoms with E-state index >= 15 is 0 Å². The number of anilines is 1. The first-order valence-corrected chi connectivity index (χ1v) is 9.10. The van der Waals surface area contributed by atoms with E-state index < -0.39 is 0 Å². The number of aliphatic hydroxyl groups is 1. The van der Waals surface area contributed by atoms with Crippen LogP contribution in [0, 0.1) is 0 Å². The lowest BCUT2D eigenvalue weighted by molar-refractivity contribution is 0.0816. The van der Waals surface area contributed by atoms with Crippen LogP contribution in [0.4, 0.5) is 5.69 Å². The van der Waals surface area contributed by atoms with Crippen LogP contribution < -0.4 is 10.2 Å². The van der Waals surface area contributed by atoms with Crippen molar-refractivity contribution in [2.24, 2.45) is 0 Å². The van der Waals surface area contributed by atoms with Gasteiger partial charge in [-0.15, -0.1) is 0 Å². The highest BCUT2D eigenvalue weighted by molar-refractivity contribution is 5.94. The number of piperidine rings is 1. The molecule has 1 amide bonds. The number of carbonyl (C=O) groups is 1. The van der Waals surface area contributed by atoms with Crippen LogP contribution >= 0.6 is 0 Å². The topological polar surface area (TPSA) is 55.8 Å². The smallest absolute Gasteiger partial charge is 0.251 e. The summed E-state index contributed by atoms with van der Waals surface area (Å²) in [5, 5.41) is 12.5. The van der Waals surface area contributed by atoms with Crippen LogP contribution in [0.25, 0.3) is 0 Å². The van der Waals surface area contributed by atoms with Gasteiger partial charge in [0, 0.05) is 44.5 Å². The highest BCUT2D eigenvalue weighted by Crippen LogP contribution is 2.14. The number of rotatable bonds is 8. The van der Waals surface area contributed by atoms with Crippen molar-refractivity contribution in [1.82, 2.24) is 10.2 Å². The van der Waals surface area contributed by atoms with Crippen molar-refractivity contribution in [3.05, 3.63) is 29.8 Å². The summed E-state index contributed by atoms with van der Waals surface area (Å²) in [6, 6.07) is 7.79. The Kier molecular flexibility index (Phi) is 7.53. The monoisotopic (exact) mass is 333 g/mol. The molecule has 2 N–H and O–H groups in total. The van der Waals surface area contributed by atoms with Crippen LogP contribution in [-0.2, 0) is 0 Å². The molecule has 1 aliphatic heterocycles. The number of amides is 1. The molecule has 0 radical (unpaired) electrons. The van der Waals surface area contributed by atoms with Gasteiger partial charge in [-0.25, -0.2) is 0 Å². The quantitative estimate of drug-likeness (QED) is 0.716. The molecule has 1 fully saturated rings. The molecule has 0 unspecified atom stereocenters. The van der Waals surface area contributed by atoms with Crippen LogP contribution in [0.15, 0.2) is 24.3 Å². The second-order valence-corrected chi connectivity index (χ2v) is 6.65. The zero-order chi connectivity index (χ0) is 17.4. The van der Waals surface area contributed by atoms with Gasteiger partial charge < -0.3 is 20.2 Å². The average Bonchev–Trinajstić information content (AvgIpc) is 2.60. The number of nitrogens with zero attached hydrogens (tertiary/aromatic N) is 2. The van der Waals surface area contributed by atoms with E-state index in [0.29, 0.717) is 12.1 Å². The van der Waals surface area contributed by atoms with Crippen molar-refractivity contribution in [2.75, 3.05) is 44.7 Å². The largest absolute Gasteiger partial charge is 0.393 e. The Hall–Kier alpha value is -1.59. The molecule has 0 bridgehead atoms. The molecule has 5 heteroatoms. The number of likely N-dealkylation sites (tertiary alicyclic amines) is 1. The first kappa shape index (κ1) is 18.7. The van der Waals surface area contributed by atoms with E-state index in [1.165, 1.54) is 0 Å². The first-order valence-electron chi connectivity index (χ1n) is 9.10. The lowest BCUT2D eigenvalue weighted by Gasteiger charge is -2.29. The molecule has 0 aromatic heterocycles. The van der Waals surface area contributed by atoms with E-state index in [-0.39, 0.29) is 12.0 Å². The Labute approximate surface area is 145 Å². The Morgan fingerprint density at radius 1 is 1.29 bits per heavy atom. The number of hydrogen-bond donors (Lipinski definition) is 2. The number of carbonyl (C=O) groups excluding carboxylic acids is 1. The van der Waals surface area contributed by atoms with Crippen LogP contribution in [0.3, 0.4) is 0 Å². The molecule has 0 saturated carbocycles. The fraction of sp³-hybridized carbons (Fsp3) is 0.632. The van der Waals surface area contributed by atoms with Gasteiger partial charge >= 0.3 is 0 Å². The molecular weight excluding hydrogens is 302 g/mol. The standard InChI is InChI=1S/C19H31N3O2/c1-3-12-21(2)17-7-5-16(6-8-17)19(24)20-11-4-13-22-14-9-18(23)10-15-22/h5-8,18,23H,3-4,9-15H2,1-2H3,(H,20,24). The summed E-state index contributed by atoms with van der Waals surface area (Å²) >= 11 is 0.